The molecule has 0 radical (unpaired) electrons. The monoisotopic (exact) mass is 151 g/mol. The van der Waals surface area contributed by atoms with Gasteiger partial charge in [-0.15, -0.1) is 0 Å². The minimum absolute atomic E-state index is 0.503. The van der Waals surface area contributed by atoms with Crippen molar-refractivity contribution >= 4 is 16.8 Å². The first kappa shape index (κ1) is 5.73. The molecule has 2 heterocycles. The number of aromatic nitrogens is 2. The van der Waals surface area contributed by atoms with Crippen LogP contribution in [0.2, 0.25) is 0 Å². The molecule has 4 heteroatoms. The van der Waals surface area contributed by atoms with Crippen molar-refractivity contribution in [1.29, 1.82) is 4.78 Å². The molecule has 1 unspecified atom stereocenters. The number of fused-ring (bicyclic) bond motifs is 1. The molecule has 10 heavy (non-hydrogen) atoms. The molecule has 0 bridgehead atoms. The quantitative estimate of drug-likeness (QED) is 0.605. The lowest BCUT2D eigenvalue weighted by Gasteiger charge is -1.93. The van der Waals surface area contributed by atoms with Crippen molar-refractivity contribution in [3.8, 4) is 0 Å². The Kier molecular flexibility index (Phi) is 1.14. The zero-order chi connectivity index (χ0) is 6.97. The molecule has 1 aliphatic heterocycles. The van der Waals surface area contributed by atoms with Gasteiger partial charge in [-0.2, -0.15) is 0 Å². The Morgan fingerprint density at radius 3 is 3.20 bits per heavy atom. The summed E-state index contributed by atoms with van der Waals surface area (Å²) in [6.45, 7) is 0. The Hall–Kier alpha value is -1.03. The first-order valence-corrected chi connectivity index (χ1v) is 4.09. The average molecular weight is 151 g/mol. The van der Waals surface area contributed by atoms with Crippen molar-refractivity contribution in [2.45, 2.75) is 4.90 Å². The number of hydrogen-bond donors (Lipinski definition) is 1. The summed E-state index contributed by atoms with van der Waals surface area (Å²) in [7, 11) is -0.503. The highest BCUT2D eigenvalue weighted by atomic mass is 32.2. The molecule has 3 nitrogen and oxygen atoms in total. The summed E-state index contributed by atoms with van der Waals surface area (Å²) in [5.74, 6) is 0. The van der Waals surface area contributed by atoms with E-state index >= 15 is 0 Å². The normalized spacial score (nSPS) is 21.0. The molecule has 2 rings (SSSR count). The molecule has 0 fully saturated rings. The third kappa shape index (κ3) is 0.690. The Labute approximate surface area is 60.7 Å². The molecule has 0 saturated carbocycles. The summed E-state index contributed by atoms with van der Waals surface area (Å²) in [6, 6.07) is 0. The minimum atomic E-state index is -0.503. The molecule has 1 aromatic heterocycles. The molecule has 0 aliphatic carbocycles. The molecular formula is C6H5N3S. The van der Waals surface area contributed by atoms with Gasteiger partial charge in [0.1, 0.15) is 6.33 Å². The van der Waals surface area contributed by atoms with Crippen LogP contribution in [0, 0.1) is 4.78 Å². The molecule has 1 aromatic rings. The minimum Gasteiger partial charge on any atom is -0.271 e. The van der Waals surface area contributed by atoms with Gasteiger partial charge in [0.25, 0.3) is 0 Å². The first-order valence-electron chi connectivity index (χ1n) is 2.80. The van der Waals surface area contributed by atoms with Gasteiger partial charge in [-0.3, -0.25) is 4.78 Å². The molecule has 0 saturated heterocycles. The highest BCUT2D eigenvalue weighted by molar-refractivity contribution is 7.89. The van der Waals surface area contributed by atoms with E-state index in [1.807, 2.05) is 11.5 Å². The second-order valence-electron chi connectivity index (χ2n) is 1.91. The second-order valence-corrected chi connectivity index (χ2v) is 3.30. The van der Waals surface area contributed by atoms with Crippen LogP contribution in [0.4, 0.5) is 0 Å². The van der Waals surface area contributed by atoms with Gasteiger partial charge in [-0.1, -0.05) is 0 Å². The van der Waals surface area contributed by atoms with E-state index in [-0.39, 0.29) is 0 Å². The third-order valence-electron chi connectivity index (χ3n) is 1.31. The third-order valence-corrected chi connectivity index (χ3v) is 2.50. The lowest BCUT2D eigenvalue weighted by Crippen LogP contribution is -1.87. The maximum atomic E-state index is 7.47. The van der Waals surface area contributed by atoms with E-state index in [4.69, 9.17) is 4.78 Å². The van der Waals surface area contributed by atoms with Crippen molar-refractivity contribution in [3.63, 3.8) is 0 Å². The average Bonchev–Trinajstić information content (AvgIpc) is 2.34. The lowest BCUT2D eigenvalue weighted by atomic mass is 10.4. The molecule has 1 N–H and O–H groups in total. The smallest absolute Gasteiger partial charge is 0.116 e. The van der Waals surface area contributed by atoms with Crippen LogP contribution in [-0.2, 0) is 10.7 Å². The predicted molar refractivity (Wildman–Crippen MR) is 39.4 cm³/mol. The van der Waals surface area contributed by atoms with E-state index in [0.29, 0.717) is 0 Å². The largest absolute Gasteiger partial charge is 0.271 e. The van der Waals surface area contributed by atoms with Crippen molar-refractivity contribution < 1.29 is 0 Å². The Morgan fingerprint density at radius 1 is 1.50 bits per heavy atom. The van der Waals surface area contributed by atoms with E-state index < -0.39 is 10.7 Å². The van der Waals surface area contributed by atoms with Gasteiger partial charge in [0.05, 0.1) is 10.6 Å². The molecule has 1 aliphatic rings. The van der Waals surface area contributed by atoms with Gasteiger partial charge in [-0.25, -0.2) is 9.97 Å². The topological polar surface area (TPSA) is 49.6 Å². The van der Waals surface area contributed by atoms with Crippen molar-refractivity contribution in [3.05, 3.63) is 23.6 Å². The summed E-state index contributed by atoms with van der Waals surface area (Å²) in [4.78, 5) is 8.77. The number of nitrogens with one attached hydrogen (secondary N) is 1. The van der Waals surface area contributed by atoms with Gasteiger partial charge < -0.3 is 0 Å². The maximum absolute atomic E-state index is 7.47. The molecule has 50 valence electrons. The zero-order valence-corrected chi connectivity index (χ0v) is 5.93. The van der Waals surface area contributed by atoms with Gasteiger partial charge in [-0.05, 0) is 22.2 Å². The van der Waals surface area contributed by atoms with E-state index in [1.54, 1.807) is 6.20 Å². The fraction of sp³-hybridized carbons (Fsp3) is 0. The Morgan fingerprint density at radius 2 is 2.40 bits per heavy atom. The summed E-state index contributed by atoms with van der Waals surface area (Å²) in [5.41, 5.74) is 0.897. The molecule has 0 spiro atoms. The van der Waals surface area contributed by atoms with E-state index in [9.17, 15) is 0 Å². The molecule has 1 atom stereocenters. The van der Waals surface area contributed by atoms with Crippen LogP contribution in [0.15, 0.2) is 22.8 Å². The predicted octanol–water partition coefficient (Wildman–Crippen LogP) is 1.20. The Balaban J connectivity index is 2.70. The number of nitrogens with zero attached hydrogens (tertiary/aromatic N) is 2. The van der Waals surface area contributed by atoms with Crippen LogP contribution in [0.5, 0.6) is 0 Å². The van der Waals surface area contributed by atoms with Gasteiger partial charge in [0, 0.05) is 6.20 Å². The van der Waals surface area contributed by atoms with Crippen LogP contribution in [-0.4, -0.2) is 9.97 Å². The summed E-state index contributed by atoms with van der Waals surface area (Å²) in [6.07, 6.45) is 5.08. The summed E-state index contributed by atoms with van der Waals surface area (Å²) >= 11 is 0. The second kappa shape index (κ2) is 1.98. The zero-order valence-electron chi connectivity index (χ0n) is 5.11. The van der Waals surface area contributed by atoms with Crippen LogP contribution < -0.4 is 0 Å². The summed E-state index contributed by atoms with van der Waals surface area (Å²) < 4.78 is 7.47. The number of rotatable bonds is 0. The van der Waals surface area contributed by atoms with Crippen LogP contribution in [0.25, 0.3) is 6.08 Å². The van der Waals surface area contributed by atoms with E-state index in [2.05, 4.69) is 9.97 Å². The number of hydrogen-bond acceptors (Lipinski definition) is 3. The van der Waals surface area contributed by atoms with Crippen molar-refractivity contribution in [2.24, 2.45) is 0 Å². The van der Waals surface area contributed by atoms with Crippen molar-refractivity contribution in [2.75, 3.05) is 0 Å². The van der Waals surface area contributed by atoms with Gasteiger partial charge >= 0.3 is 0 Å². The van der Waals surface area contributed by atoms with Crippen LogP contribution in [0.3, 0.4) is 0 Å². The highest BCUT2D eigenvalue weighted by Crippen LogP contribution is 2.19. The summed E-state index contributed by atoms with van der Waals surface area (Å²) in [5, 5.41) is 1.83. The first-order chi connectivity index (χ1) is 4.88. The van der Waals surface area contributed by atoms with Gasteiger partial charge in [0.15, 0.2) is 0 Å². The van der Waals surface area contributed by atoms with Gasteiger partial charge in [0.2, 0.25) is 0 Å². The fourth-order valence-electron chi connectivity index (χ4n) is 0.827. The molecule has 0 amide bonds. The highest BCUT2D eigenvalue weighted by Gasteiger charge is 2.08. The van der Waals surface area contributed by atoms with Crippen LogP contribution in [0.1, 0.15) is 5.69 Å². The van der Waals surface area contributed by atoms with Crippen molar-refractivity contribution in [1.82, 2.24) is 9.97 Å². The molecule has 0 aromatic carbocycles. The SMILES string of the molecule is N=S1C=Cc2ncncc21. The maximum Gasteiger partial charge on any atom is 0.116 e. The molecular weight excluding hydrogens is 146 g/mol. The fourth-order valence-corrected chi connectivity index (χ4v) is 1.76. The van der Waals surface area contributed by atoms with E-state index in [1.165, 1.54) is 6.33 Å². The van der Waals surface area contributed by atoms with Crippen LogP contribution >= 0.6 is 0 Å². The Bertz CT molecular complexity index is 319. The lowest BCUT2D eigenvalue weighted by molar-refractivity contribution is 1.08. The standard InChI is InChI=1S/C6H5N3S/c7-10-2-1-5-6(10)3-8-4-9-5/h1-4,7H. The van der Waals surface area contributed by atoms with E-state index in [0.717, 1.165) is 10.6 Å².